The summed E-state index contributed by atoms with van der Waals surface area (Å²) in [5.41, 5.74) is 1.48. The Morgan fingerprint density at radius 1 is 1.69 bits per heavy atom. The number of nitriles is 1. The molecule has 0 aliphatic carbocycles. The molecule has 5 nitrogen and oxygen atoms in total. The molecule has 13 heavy (non-hydrogen) atoms. The molecule has 70 valence electrons. The van der Waals surface area contributed by atoms with Gasteiger partial charge in [0.1, 0.15) is 6.07 Å². The maximum Gasteiger partial charge on any atom is 0.237 e. The van der Waals surface area contributed by atoms with E-state index in [0.29, 0.717) is 11.6 Å². The van der Waals surface area contributed by atoms with Crippen LogP contribution in [0, 0.1) is 18.3 Å². The SMILES string of the molecule is Cc1c(OCC#N)nn(C)c1CO. The van der Waals surface area contributed by atoms with E-state index in [1.165, 1.54) is 0 Å². The molecule has 1 aromatic heterocycles. The zero-order chi connectivity index (χ0) is 9.84. The van der Waals surface area contributed by atoms with Crippen LogP contribution in [0.2, 0.25) is 0 Å². The quantitative estimate of drug-likeness (QED) is 0.719. The van der Waals surface area contributed by atoms with Crippen molar-refractivity contribution in [2.45, 2.75) is 13.5 Å². The van der Waals surface area contributed by atoms with Crippen LogP contribution in [0.25, 0.3) is 0 Å². The standard InChI is InChI=1S/C8H11N3O2/c1-6-7(5-12)11(2)10-8(6)13-4-3-9/h12H,4-5H2,1-2H3. The van der Waals surface area contributed by atoms with E-state index < -0.39 is 0 Å². The number of nitrogens with zero attached hydrogens (tertiary/aromatic N) is 3. The molecule has 5 heteroatoms. The Labute approximate surface area is 76.2 Å². The van der Waals surface area contributed by atoms with Gasteiger partial charge in [0, 0.05) is 12.6 Å². The topological polar surface area (TPSA) is 71.1 Å². The molecule has 1 heterocycles. The van der Waals surface area contributed by atoms with E-state index >= 15 is 0 Å². The number of ether oxygens (including phenoxy) is 1. The molecule has 0 saturated heterocycles. The summed E-state index contributed by atoms with van der Waals surface area (Å²) in [7, 11) is 1.72. The van der Waals surface area contributed by atoms with E-state index in [1.54, 1.807) is 18.7 Å². The highest BCUT2D eigenvalue weighted by molar-refractivity contribution is 5.29. The van der Waals surface area contributed by atoms with Gasteiger partial charge in [-0.05, 0) is 6.92 Å². The lowest BCUT2D eigenvalue weighted by molar-refractivity contribution is 0.270. The Morgan fingerprint density at radius 2 is 2.38 bits per heavy atom. The van der Waals surface area contributed by atoms with Crippen LogP contribution >= 0.6 is 0 Å². The first kappa shape index (κ1) is 9.55. The van der Waals surface area contributed by atoms with Crippen LogP contribution in [-0.2, 0) is 13.7 Å². The third-order valence-electron chi connectivity index (χ3n) is 1.81. The van der Waals surface area contributed by atoms with E-state index in [0.717, 1.165) is 5.56 Å². The number of aryl methyl sites for hydroxylation is 1. The second-order valence-corrected chi connectivity index (χ2v) is 2.61. The third kappa shape index (κ3) is 1.79. The molecule has 1 rings (SSSR count). The van der Waals surface area contributed by atoms with Crippen LogP contribution < -0.4 is 4.74 Å². The van der Waals surface area contributed by atoms with Crippen LogP contribution in [0.1, 0.15) is 11.3 Å². The largest absolute Gasteiger partial charge is 0.461 e. The Morgan fingerprint density at radius 3 is 2.85 bits per heavy atom. The monoisotopic (exact) mass is 181 g/mol. The van der Waals surface area contributed by atoms with Crippen molar-refractivity contribution in [3.8, 4) is 11.9 Å². The smallest absolute Gasteiger partial charge is 0.237 e. The Balaban J connectivity index is 2.91. The van der Waals surface area contributed by atoms with Crippen LogP contribution in [-0.4, -0.2) is 21.5 Å². The number of hydrogen-bond acceptors (Lipinski definition) is 4. The van der Waals surface area contributed by atoms with Crippen LogP contribution in [0.5, 0.6) is 5.88 Å². The van der Waals surface area contributed by atoms with Crippen molar-refractivity contribution in [2.75, 3.05) is 6.61 Å². The molecule has 1 aromatic rings. The maximum atomic E-state index is 8.96. The van der Waals surface area contributed by atoms with Gasteiger partial charge in [-0.3, -0.25) is 4.68 Å². The van der Waals surface area contributed by atoms with Crippen LogP contribution in [0.4, 0.5) is 0 Å². The van der Waals surface area contributed by atoms with Gasteiger partial charge in [0.15, 0.2) is 6.61 Å². The van der Waals surface area contributed by atoms with Gasteiger partial charge >= 0.3 is 0 Å². The molecule has 0 aliphatic rings. The minimum atomic E-state index is -0.0781. The fraction of sp³-hybridized carbons (Fsp3) is 0.500. The van der Waals surface area contributed by atoms with Gasteiger partial charge in [-0.25, -0.2) is 0 Å². The van der Waals surface area contributed by atoms with Gasteiger partial charge in [-0.15, -0.1) is 5.10 Å². The van der Waals surface area contributed by atoms with Gasteiger partial charge in [0.25, 0.3) is 0 Å². The van der Waals surface area contributed by atoms with Crippen molar-refractivity contribution in [1.82, 2.24) is 9.78 Å². The van der Waals surface area contributed by atoms with Crippen molar-refractivity contribution in [3.05, 3.63) is 11.3 Å². The Hall–Kier alpha value is -1.54. The summed E-state index contributed by atoms with van der Waals surface area (Å²) >= 11 is 0. The number of aliphatic hydroxyl groups is 1. The van der Waals surface area contributed by atoms with Crippen LogP contribution in [0.3, 0.4) is 0 Å². The van der Waals surface area contributed by atoms with Gasteiger partial charge in [0.2, 0.25) is 5.88 Å². The lowest BCUT2D eigenvalue weighted by Gasteiger charge is -1.97. The molecule has 0 radical (unpaired) electrons. The third-order valence-corrected chi connectivity index (χ3v) is 1.81. The Bertz CT molecular complexity index is 338. The maximum absolute atomic E-state index is 8.96. The van der Waals surface area contributed by atoms with Crippen molar-refractivity contribution in [2.24, 2.45) is 7.05 Å². The van der Waals surface area contributed by atoms with E-state index in [1.807, 2.05) is 6.07 Å². The zero-order valence-corrected chi connectivity index (χ0v) is 7.61. The highest BCUT2D eigenvalue weighted by Gasteiger charge is 2.11. The van der Waals surface area contributed by atoms with Crippen molar-refractivity contribution in [3.63, 3.8) is 0 Å². The van der Waals surface area contributed by atoms with Gasteiger partial charge < -0.3 is 9.84 Å². The molecule has 0 spiro atoms. The van der Waals surface area contributed by atoms with Crippen molar-refractivity contribution in [1.29, 1.82) is 5.26 Å². The number of rotatable bonds is 3. The van der Waals surface area contributed by atoms with E-state index in [-0.39, 0.29) is 13.2 Å². The second kappa shape index (κ2) is 3.92. The summed E-state index contributed by atoms with van der Waals surface area (Å²) in [5, 5.41) is 21.3. The molecular weight excluding hydrogens is 170 g/mol. The summed E-state index contributed by atoms with van der Waals surface area (Å²) in [6.45, 7) is 1.69. The minimum absolute atomic E-state index is 0.0251. The lowest BCUT2D eigenvalue weighted by atomic mass is 10.3. The highest BCUT2D eigenvalue weighted by Crippen LogP contribution is 2.19. The first-order chi connectivity index (χ1) is 6.20. The fourth-order valence-electron chi connectivity index (χ4n) is 1.10. The average Bonchev–Trinajstić information content (AvgIpc) is 2.38. The van der Waals surface area contributed by atoms with Gasteiger partial charge in [0.05, 0.1) is 12.3 Å². The van der Waals surface area contributed by atoms with E-state index in [4.69, 9.17) is 15.1 Å². The molecule has 0 amide bonds. The molecule has 0 aromatic carbocycles. The predicted molar refractivity (Wildman–Crippen MR) is 45.0 cm³/mol. The number of aliphatic hydroxyl groups excluding tert-OH is 1. The molecule has 0 fully saturated rings. The second-order valence-electron chi connectivity index (χ2n) is 2.61. The molecule has 0 aliphatic heterocycles. The lowest BCUT2D eigenvalue weighted by Crippen LogP contribution is -1.98. The molecule has 1 N–H and O–H groups in total. The molecule has 0 saturated carbocycles. The summed E-state index contributed by atoms with van der Waals surface area (Å²) in [5.74, 6) is 0.410. The minimum Gasteiger partial charge on any atom is -0.461 e. The average molecular weight is 181 g/mol. The van der Waals surface area contributed by atoms with Crippen molar-refractivity contribution >= 4 is 0 Å². The molecule has 0 bridgehead atoms. The van der Waals surface area contributed by atoms with Gasteiger partial charge in [-0.2, -0.15) is 5.26 Å². The first-order valence-electron chi connectivity index (χ1n) is 3.83. The fourth-order valence-corrected chi connectivity index (χ4v) is 1.10. The molecular formula is C8H11N3O2. The zero-order valence-electron chi connectivity index (χ0n) is 7.61. The summed E-state index contributed by atoms with van der Waals surface area (Å²) in [6.07, 6.45) is 0. The van der Waals surface area contributed by atoms with E-state index in [2.05, 4.69) is 5.10 Å². The molecule has 0 unspecified atom stereocenters. The van der Waals surface area contributed by atoms with Gasteiger partial charge in [-0.1, -0.05) is 0 Å². The number of hydrogen-bond donors (Lipinski definition) is 1. The van der Waals surface area contributed by atoms with Crippen molar-refractivity contribution < 1.29 is 9.84 Å². The summed E-state index contributed by atoms with van der Waals surface area (Å²) < 4.78 is 6.59. The van der Waals surface area contributed by atoms with E-state index in [9.17, 15) is 0 Å². The predicted octanol–water partition coefficient (Wildman–Crippen LogP) is 0.123. The normalized spacial score (nSPS) is 9.69. The summed E-state index contributed by atoms with van der Waals surface area (Å²) in [6, 6.07) is 1.86. The number of aromatic nitrogens is 2. The first-order valence-corrected chi connectivity index (χ1v) is 3.83. The highest BCUT2D eigenvalue weighted by atomic mass is 16.5. The Kier molecular flexibility index (Phi) is 2.88. The van der Waals surface area contributed by atoms with Crippen LogP contribution in [0.15, 0.2) is 0 Å². The summed E-state index contributed by atoms with van der Waals surface area (Å²) in [4.78, 5) is 0. The molecule has 0 atom stereocenters.